The van der Waals surface area contributed by atoms with Gasteiger partial charge in [0.1, 0.15) is 12.1 Å². The first-order valence-electron chi connectivity index (χ1n) is 6.85. The molecule has 0 saturated carbocycles. The van der Waals surface area contributed by atoms with E-state index >= 15 is 0 Å². The zero-order valence-electron chi connectivity index (χ0n) is 12.4. The fourth-order valence-corrected chi connectivity index (χ4v) is 2.41. The van der Waals surface area contributed by atoms with Gasteiger partial charge in [-0.1, -0.05) is 13.8 Å². The van der Waals surface area contributed by atoms with Gasteiger partial charge < -0.3 is 5.32 Å². The Balaban J connectivity index is 2.30. The number of aromatic nitrogens is 3. The molecule has 0 aliphatic heterocycles. The van der Waals surface area contributed by atoms with Crippen molar-refractivity contribution in [2.75, 3.05) is 6.54 Å². The summed E-state index contributed by atoms with van der Waals surface area (Å²) in [5.74, 6) is 1.58. The van der Waals surface area contributed by atoms with Crippen LogP contribution in [0.25, 0.3) is 5.82 Å². The van der Waals surface area contributed by atoms with Crippen LogP contribution in [-0.4, -0.2) is 21.1 Å². The summed E-state index contributed by atoms with van der Waals surface area (Å²) < 4.78 is 3.05. The number of hydrogen-bond acceptors (Lipinski definition) is 3. The molecule has 0 aromatic carbocycles. The average molecular weight is 337 g/mol. The number of rotatable bonds is 5. The Labute approximate surface area is 128 Å². The second-order valence-electron chi connectivity index (χ2n) is 5.45. The van der Waals surface area contributed by atoms with Crippen molar-refractivity contribution >= 4 is 15.9 Å². The number of nitrogens with zero attached hydrogens (tertiary/aromatic N) is 3. The number of nitrogens with one attached hydrogen (secondary N) is 1. The largest absolute Gasteiger partial charge is 0.312 e. The summed E-state index contributed by atoms with van der Waals surface area (Å²) in [7, 11) is 0. The predicted octanol–water partition coefficient (Wildman–Crippen LogP) is 3.39. The third kappa shape index (κ3) is 3.46. The van der Waals surface area contributed by atoms with Crippen LogP contribution in [0.4, 0.5) is 0 Å². The van der Waals surface area contributed by atoms with Crippen LogP contribution < -0.4 is 5.32 Å². The van der Waals surface area contributed by atoms with E-state index < -0.39 is 0 Å². The first-order chi connectivity index (χ1) is 9.49. The average Bonchev–Trinajstić information content (AvgIpc) is 2.70. The van der Waals surface area contributed by atoms with Crippen LogP contribution in [0.5, 0.6) is 0 Å². The van der Waals surface area contributed by atoms with Gasteiger partial charge in [-0.05, 0) is 48.3 Å². The highest BCUT2D eigenvalue weighted by Crippen LogP contribution is 2.20. The van der Waals surface area contributed by atoms with Crippen molar-refractivity contribution in [1.82, 2.24) is 19.9 Å². The highest BCUT2D eigenvalue weighted by atomic mass is 79.9. The minimum atomic E-state index is 0.635. The Hall–Kier alpha value is -1.20. The molecule has 0 amide bonds. The maximum atomic E-state index is 4.56. The monoisotopic (exact) mass is 336 g/mol. The molecule has 5 heteroatoms. The number of halogens is 1. The molecule has 0 radical (unpaired) electrons. The van der Waals surface area contributed by atoms with E-state index in [1.165, 1.54) is 5.56 Å². The smallest absolute Gasteiger partial charge is 0.142 e. The molecule has 20 heavy (non-hydrogen) atoms. The Bertz CT molecular complexity index is 590. The lowest BCUT2D eigenvalue weighted by molar-refractivity contribution is 0.551. The number of aryl methyl sites for hydroxylation is 1. The maximum Gasteiger partial charge on any atom is 0.142 e. The molecule has 0 unspecified atom stereocenters. The van der Waals surface area contributed by atoms with E-state index in [0.29, 0.717) is 5.92 Å². The number of imidazole rings is 1. The van der Waals surface area contributed by atoms with Gasteiger partial charge in [-0.25, -0.2) is 9.97 Å². The molecule has 2 aromatic rings. The normalized spacial score (nSPS) is 11.3. The van der Waals surface area contributed by atoms with E-state index in [1.807, 2.05) is 24.0 Å². The van der Waals surface area contributed by atoms with E-state index in [0.717, 1.165) is 34.8 Å². The van der Waals surface area contributed by atoms with E-state index in [-0.39, 0.29) is 0 Å². The van der Waals surface area contributed by atoms with Gasteiger partial charge in [0.25, 0.3) is 0 Å². The van der Waals surface area contributed by atoms with Gasteiger partial charge in [-0.2, -0.15) is 0 Å². The van der Waals surface area contributed by atoms with Gasteiger partial charge >= 0.3 is 0 Å². The molecule has 108 valence electrons. The van der Waals surface area contributed by atoms with E-state index in [1.54, 1.807) is 0 Å². The van der Waals surface area contributed by atoms with Gasteiger partial charge in [0.15, 0.2) is 0 Å². The van der Waals surface area contributed by atoms with E-state index in [9.17, 15) is 0 Å². The quantitative estimate of drug-likeness (QED) is 0.909. The van der Waals surface area contributed by atoms with E-state index in [4.69, 9.17) is 0 Å². The molecule has 2 rings (SSSR count). The second kappa shape index (κ2) is 6.50. The van der Waals surface area contributed by atoms with Gasteiger partial charge in [-0.15, -0.1) is 0 Å². The van der Waals surface area contributed by atoms with Crippen molar-refractivity contribution in [2.45, 2.75) is 34.2 Å². The minimum Gasteiger partial charge on any atom is -0.312 e. The molecule has 0 aliphatic carbocycles. The molecule has 0 aliphatic rings. The molecule has 0 bridgehead atoms. The standard InChI is InChI=1S/C15H21BrN4/c1-10(2)6-17-7-13-5-14(16)8-18-15(13)20-9-19-11(3)12(20)4/h5,8-10,17H,6-7H2,1-4H3. The topological polar surface area (TPSA) is 42.7 Å². The molecule has 0 atom stereocenters. The molecule has 1 N–H and O–H groups in total. The van der Waals surface area contributed by atoms with Crippen molar-refractivity contribution in [3.63, 3.8) is 0 Å². The summed E-state index contributed by atoms with van der Waals surface area (Å²) in [5, 5.41) is 3.47. The van der Waals surface area contributed by atoms with Crippen molar-refractivity contribution < 1.29 is 0 Å². The number of pyridine rings is 1. The Kier molecular flexibility index (Phi) is 4.94. The Morgan fingerprint density at radius 1 is 1.30 bits per heavy atom. The molecule has 4 nitrogen and oxygen atoms in total. The lowest BCUT2D eigenvalue weighted by Crippen LogP contribution is -2.20. The fourth-order valence-electron chi connectivity index (χ4n) is 2.03. The van der Waals surface area contributed by atoms with Crippen molar-refractivity contribution in [3.8, 4) is 5.82 Å². The van der Waals surface area contributed by atoms with Crippen molar-refractivity contribution in [1.29, 1.82) is 0 Å². The Morgan fingerprint density at radius 2 is 2.05 bits per heavy atom. The van der Waals surface area contributed by atoms with Crippen LogP contribution in [0.2, 0.25) is 0 Å². The van der Waals surface area contributed by atoms with Gasteiger partial charge in [0, 0.05) is 28.5 Å². The number of hydrogen-bond donors (Lipinski definition) is 1. The van der Waals surface area contributed by atoms with Gasteiger partial charge in [0.05, 0.1) is 5.69 Å². The van der Waals surface area contributed by atoms with Crippen LogP contribution in [0, 0.1) is 19.8 Å². The zero-order chi connectivity index (χ0) is 14.7. The third-order valence-electron chi connectivity index (χ3n) is 3.26. The van der Waals surface area contributed by atoms with Crippen LogP contribution in [0.15, 0.2) is 23.1 Å². The van der Waals surface area contributed by atoms with Crippen LogP contribution in [0.3, 0.4) is 0 Å². The predicted molar refractivity (Wildman–Crippen MR) is 85.1 cm³/mol. The summed E-state index contributed by atoms with van der Waals surface area (Å²) in [6, 6.07) is 2.12. The van der Waals surface area contributed by atoms with Crippen molar-refractivity contribution in [2.24, 2.45) is 5.92 Å². The summed E-state index contributed by atoms with van der Waals surface area (Å²) >= 11 is 3.50. The first-order valence-corrected chi connectivity index (χ1v) is 7.64. The summed E-state index contributed by atoms with van der Waals surface area (Å²) in [6.45, 7) is 10.3. The molecule has 2 heterocycles. The highest BCUT2D eigenvalue weighted by Gasteiger charge is 2.11. The second-order valence-corrected chi connectivity index (χ2v) is 6.36. The fraction of sp³-hybridized carbons (Fsp3) is 0.467. The zero-order valence-corrected chi connectivity index (χ0v) is 14.0. The summed E-state index contributed by atoms with van der Waals surface area (Å²) in [5.41, 5.74) is 3.33. The molecule has 2 aromatic heterocycles. The SMILES string of the molecule is Cc1ncn(-c2ncc(Br)cc2CNCC(C)C)c1C. The first kappa shape index (κ1) is 15.2. The molecule has 0 fully saturated rings. The maximum absolute atomic E-state index is 4.56. The van der Waals surface area contributed by atoms with E-state index in [2.05, 4.69) is 58.1 Å². The Morgan fingerprint density at radius 3 is 2.65 bits per heavy atom. The molecular weight excluding hydrogens is 316 g/mol. The van der Waals surface area contributed by atoms with Crippen LogP contribution in [-0.2, 0) is 6.54 Å². The minimum absolute atomic E-state index is 0.635. The molecular formula is C15H21BrN4. The molecule has 0 spiro atoms. The van der Waals surface area contributed by atoms with Crippen LogP contribution in [0.1, 0.15) is 30.8 Å². The van der Waals surface area contributed by atoms with Gasteiger partial charge in [0.2, 0.25) is 0 Å². The summed E-state index contributed by atoms with van der Waals surface area (Å²) in [6.07, 6.45) is 3.67. The lowest BCUT2D eigenvalue weighted by Gasteiger charge is -2.13. The highest BCUT2D eigenvalue weighted by molar-refractivity contribution is 9.10. The third-order valence-corrected chi connectivity index (χ3v) is 3.69. The summed E-state index contributed by atoms with van der Waals surface area (Å²) in [4.78, 5) is 8.91. The van der Waals surface area contributed by atoms with Gasteiger partial charge in [-0.3, -0.25) is 4.57 Å². The van der Waals surface area contributed by atoms with Crippen LogP contribution >= 0.6 is 15.9 Å². The van der Waals surface area contributed by atoms with Crippen molar-refractivity contribution in [3.05, 3.63) is 40.0 Å². The molecule has 0 saturated heterocycles. The lowest BCUT2D eigenvalue weighted by atomic mass is 10.2.